The molecule has 0 amide bonds. The lowest BCUT2D eigenvalue weighted by molar-refractivity contribution is 0.373. The number of rotatable bonds is 5. The van der Waals surface area contributed by atoms with Gasteiger partial charge in [-0.1, -0.05) is 19.1 Å². The van der Waals surface area contributed by atoms with Crippen molar-refractivity contribution in [3.8, 4) is 17.4 Å². The highest BCUT2D eigenvalue weighted by atomic mass is 16.5. The van der Waals surface area contributed by atoms with Gasteiger partial charge in [0.15, 0.2) is 11.5 Å². The summed E-state index contributed by atoms with van der Waals surface area (Å²) in [6.45, 7) is 4.02. The first-order valence-electron chi connectivity index (χ1n) is 6.70. The second-order valence-corrected chi connectivity index (χ2v) is 4.66. The van der Waals surface area contributed by atoms with Gasteiger partial charge < -0.3 is 15.2 Å². The maximum Gasteiger partial charge on any atom is 0.219 e. The van der Waals surface area contributed by atoms with E-state index in [0.717, 1.165) is 12.0 Å². The zero-order valence-electron chi connectivity index (χ0n) is 12.1. The van der Waals surface area contributed by atoms with Crippen LogP contribution in [-0.2, 0) is 6.42 Å². The largest absolute Gasteiger partial charge is 0.493 e. The minimum atomic E-state index is -0.0325. The minimum absolute atomic E-state index is 0.0325. The molecule has 0 saturated carbocycles. The SMILES string of the molecule is CCc1ccc(Oc2ccc(C(C)N)cn2)c(OC)c1. The molecule has 1 aromatic heterocycles. The molecule has 1 atom stereocenters. The zero-order chi connectivity index (χ0) is 14.5. The molecule has 0 aliphatic carbocycles. The number of hydrogen-bond donors (Lipinski definition) is 1. The quantitative estimate of drug-likeness (QED) is 0.905. The fourth-order valence-corrected chi connectivity index (χ4v) is 1.85. The van der Waals surface area contributed by atoms with Gasteiger partial charge in [0.05, 0.1) is 7.11 Å². The number of aromatic nitrogens is 1. The Morgan fingerprint density at radius 2 is 2.00 bits per heavy atom. The van der Waals surface area contributed by atoms with Gasteiger partial charge in [-0.15, -0.1) is 0 Å². The fraction of sp³-hybridized carbons (Fsp3) is 0.312. The predicted molar refractivity (Wildman–Crippen MR) is 79.3 cm³/mol. The van der Waals surface area contributed by atoms with E-state index in [9.17, 15) is 0 Å². The van der Waals surface area contributed by atoms with Crippen LogP contribution in [0.5, 0.6) is 17.4 Å². The topological polar surface area (TPSA) is 57.4 Å². The first kappa shape index (κ1) is 14.3. The van der Waals surface area contributed by atoms with Crippen molar-refractivity contribution in [1.29, 1.82) is 0 Å². The number of hydrogen-bond acceptors (Lipinski definition) is 4. The van der Waals surface area contributed by atoms with Crippen molar-refractivity contribution in [2.75, 3.05) is 7.11 Å². The van der Waals surface area contributed by atoms with Crippen LogP contribution in [0.3, 0.4) is 0 Å². The number of nitrogens with two attached hydrogens (primary N) is 1. The lowest BCUT2D eigenvalue weighted by Gasteiger charge is -2.11. The Bertz CT molecular complexity index is 565. The summed E-state index contributed by atoms with van der Waals surface area (Å²) >= 11 is 0. The van der Waals surface area contributed by atoms with E-state index in [4.69, 9.17) is 15.2 Å². The second kappa shape index (κ2) is 6.39. The van der Waals surface area contributed by atoms with Crippen molar-refractivity contribution in [1.82, 2.24) is 4.98 Å². The van der Waals surface area contributed by atoms with E-state index >= 15 is 0 Å². The molecule has 0 radical (unpaired) electrons. The van der Waals surface area contributed by atoms with Crippen LogP contribution in [0.2, 0.25) is 0 Å². The van der Waals surface area contributed by atoms with Crippen molar-refractivity contribution >= 4 is 0 Å². The van der Waals surface area contributed by atoms with Gasteiger partial charge in [0.1, 0.15) is 0 Å². The Labute approximate surface area is 119 Å². The third-order valence-corrected chi connectivity index (χ3v) is 3.14. The first-order valence-corrected chi connectivity index (χ1v) is 6.70. The molecular formula is C16H20N2O2. The number of pyridine rings is 1. The highest BCUT2D eigenvalue weighted by Crippen LogP contribution is 2.31. The van der Waals surface area contributed by atoms with Gasteiger partial charge >= 0.3 is 0 Å². The third kappa shape index (κ3) is 3.27. The van der Waals surface area contributed by atoms with Crippen LogP contribution < -0.4 is 15.2 Å². The molecule has 20 heavy (non-hydrogen) atoms. The van der Waals surface area contributed by atoms with Crippen molar-refractivity contribution in [3.63, 3.8) is 0 Å². The molecule has 0 fully saturated rings. The van der Waals surface area contributed by atoms with Gasteiger partial charge in [0, 0.05) is 18.3 Å². The van der Waals surface area contributed by atoms with Gasteiger partial charge in [0.2, 0.25) is 5.88 Å². The number of benzene rings is 1. The molecule has 106 valence electrons. The summed E-state index contributed by atoms with van der Waals surface area (Å²) in [5.74, 6) is 1.89. The highest BCUT2D eigenvalue weighted by Gasteiger charge is 2.08. The number of aryl methyl sites for hydroxylation is 1. The van der Waals surface area contributed by atoms with Gasteiger partial charge in [0.25, 0.3) is 0 Å². The highest BCUT2D eigenvalue weighted by molar-refractivity contribution is 5.44. The molecule has 1 aromatic carbocycles. The van der Waals surface area contributed by atoms with Gasteiger partial charge in [-0.25, -0.2) is 4.98 Å². The molecule has 0 spiro atoms. The molecule has 0 aliphatic heterocycles. The molecule has 1 heterocycles. The molecule has 2 rings (SSSR count). The maximum absolute atomic E-state index is 5.79. The molecule has 4 heteroatoms. The van der Waals surface area contributed by atoms with Crippen molar-refractivity contribution < 1.29 is 9.47 Å². The zero-order valence-corrected chi connectivity index (χ0v) is 12.1. The normalized spacial score (nSPS) is 12.0. The minimum Gasteiger partial charge on any atom is -0.493 e. The average molecular weight is 272 g/mol. The monoisotopic (exact) mass is 272 g/mol. The Balaban J connectivity index is 2.20. The summed E-state index contributed by atoms with van der Waals surface area (Å²) in [7, 11) is 1.63. The Kier molecular flexibility index (Phi) is 4.58. The molecule has 0 aliphatic rings. The molecule has 0 bridgehead atoms. The number of nitrogens with zero attached hydrogens (tertiary/aromatic N) is 1. The summed E-state index contributed by atoms with van der Waals surface area (Å²) in [4.78, 5) is 4.26. The third-order valence-electron chi connectivity index (χ3n) is 3.14. The first-order chi connectivity index (χ1) is 9.63. The average Bonchev–Trinajstić information content (AvgIpc) is 2.48. The van der Waals surface area contributed by atoms with E-state index in [2.05, 4.69) is 11.9 Å². The van der Waals surface area contributed by atoms with Crippen LogP contribution >= 0.6 is 0 Å². The van der Waals surface area contributed by atoms with Crippen LogP contribution in [0, 0.1) is 0 Å². The van der Waals surface area contributed by atoms with E-state index in [0.29, 0.717) is 17.4 Å². The van der Waals surface area contributed by atoms with Crippen LogP contribution in [-0.4, -0.2) is 12.1 Å². The lowest BCUT2D eigenvalue weighted by Crippen LogP contribution is -2.05. The van der Waals surface area contributed by atoms with Gasteiger partial charge in [-0.05, 0) is 36.6 Å². The van der Waals surface area contributed by atoms with Crippen LogP contribution in [0.25, 0.3) is 0 Å². The maximum atomic E-state index is 5.79. The lowest BCUT2D eigenvalue weighted by atomic mass is 10.1. The Morgan fingerprint density at radius 1 is 1.20 bits per heavy atom. The fourth-order valence-electron chi connectivity index (χ4n) is 1.85. The predicted octanol–water partition coefficient (Wildman–Crippen LogP) is 3.46. The smallest absolute Gasteiger partial charge is 0.219 e. The van der Waals surface area contributed by atoms with Crippen molar-refractivity contribution in [2.24, 2.45) is 5.73 Å². The molecule has 0 saturated heterocycles. The van der Waals surface area contributed by atoms with E-state index in [1.165, 1.54) is 5.56 Å². The molecule has 1 unspecified atom stereocenters. The number of ether oxygens (including phenoxy) is 2. The Morgan fingerprint density at radius 3 is 2.55 bits per heavy atom. The van der Waals surface area contributed by atoms with Crippen molar-refractivity contribution in [2.45, 2.75) is 26.3 Å². The molecular weight excluding hydrogens is 252 g/mol. The summed E-state index contributed by atoms with van der Waals surface area (Å²) in [6, 6.07) is 9.60. The van der Waals surface area contributed by atoms with Crippen LogP contribution in [0.1, 0.15) is 31.0 Å². The second-order valence-electron chi connectivity index (χ2n) is 4.66. The summed E-state index contributed by atoms with van der Waals surface area (Å²) < 4.78 is 11.1. The summed E-state index contributed by atoms with van der Waals surface area (Å²) in [5, 5.41) is 0. The Hall–Kier alpha value is -2.07. The van der Waals surface area contributed by atoms with E-state index in [-0.39, 0.29) is 6.04 Å². The summed E-state index contributed by atoms with van der Waals surface area (Å²) in [5.41, 5.74) is 7.97. The molecule has 2 N–H and O–H groups in total. The van der Waals surface area contributed by atoms with Gasteiger partial charge in [-0.3, -0.25) is 0 Å². The standard InChI is InChI=1S/C16H20N2O2/c1-4-12-5-7-14(15(9-12)19-3)20-16-8-6-13(10-18-16)11(2)17/h5-11H,4,17H2,1-3H3. The van der Waals surface area contributed by atoms with Crippen LogP contribution in [0.15, 0.2) is 36.5 Å². The van der Waals surface area contributed by atoms with E-state index < -0.39 is 0 Å². The van der Waals surface area contributed by atoms with Crippen LogP contribution in [0.4, 0.5) is 0 Å². The van der Waals surface area contributed by atoms with E-state index in [1.807, 2.05) is 37.3 Å². The molecule has 2 aromatic rings. The van der Waals surface area contributed by atoms with Crippen molar-refractivity contribution in [3.05, 3.63) is 47.7 Å². The summed E-state index contributed by atoms with van der Waals surface area (Å²) in [6.07, 6.45) is 2.69. The molecule has 4 nitrogen and oxygen atoms in total. The van der Waals surface area contributed by atoms with E-state index in [1.54, 1.807) is 13.3 Å². The van der Waals surface area contributed by atoms with Gasteiger partial charge in [-0.2, -0.15) is 0 Å². The number of methoxy groups -OCH3 is 1.